The van der Waals surface area contributed by atoms with Crippen molar-refractivity contribution in [3.63, 3.8) is 0 Å². The Morgan fingerprint density at radius 2 is 1.79 bits per heavy atom. The van der Waals surface area contributed by atoms with E-state index in [4.69, 9.17) is 0 Å². The van der Waals surface area contributed by atoms with Gasteiger partial charge < -0.3 is 0 Å². The molecule has 1 aromatic carbocycles. The molecule has 0 bridgehead atoms. The first-order valence-electron chi connectivity index (χ1n) is 7.22. The van der Waals surface area contributed by atoms with Gasteiger partial charge in [-0.1, -0.05) is 37.0 Å². The summed E-state index contributed by atoms with van der Waals surface area (Å²) in [5.41, 5.74) is 1.56. The Hall–Kier alpha value is -0.960. The number of amides is 1. The molecule has 3 rings (SSSR count). The van der Waals surface area contributed by atoms with Gasteiger partial charge in [-0.3, -0.25) is 9.10 Å². The van der Waals surface area contributed by atoms with E-state index in [-0.39, 0.29) is 0 Å². The Labute approximate surface area is 119 Å². The van der Waals surface area contributed by atoms with Crippen LogP contribution in [0.5, 0.6) is 0 Å². The van der Waals surface area contributed by atoms with Gasteiger partial charge in [0.25, 0.3) is 0 Å². The monoisotopic (exact) mass is 275 g/mol. The van der Waals surface area contributed by atoms with Crippen molar-refractivity contribution >= 4 is 17.9 Å². The predicted molar refractivity (Wildman–Crippen MR) is 78.9 cm³/mol. The molecule has 0 aromatic heterocycles. The van der Waals surface area contributed by atoms with Crippen LogP contribution in [0.25, 0.3) is 0 Å². The highest BCUT2D eigenvalue weighted by Gasteiger charge is 2.43. The lowest BCUT2D eigenvalue weighted by atomic mass is 9.73. The van der Waals surface area contributed by atoms with Crippen LogP contribution in [0.15, 0.2) is 29.2 Å². The second kappa shape index (κ2) is 5.20. The lowest BCUT2D eigenvalue weighted by Crippen LogP contribution is -2.26. The molecule has 2 fully saturated rings. The van der Waals surface area contributed by atoms with Crippen LogP contribution in [0.3, 0.4) is 0 Å². The fraction of sp³-hybridized carbons (Fsp3) is 0.562. The van der Waals surface area contributed by atoms with Gasteiger partial charge in [0.05, 0.1) is 0 Å². The van der Waals surface area contributed by atoms with Crippen molar-refractivity contribution in [2.75, 3.05) is 6.54 Å². The van der Waals surface area contributed by atoms with Gasteiger partial charge in [-0.05, 0) is 49.3 Å². The quantitative estimate of drug-likeness (QED) is 0.754. The summed E-state index contributed by atoms with van der Waals surface area (Å²) in [5, 5.41) is 0. The smallest absolute Gasteiger partial charge is 0.233 e. The SMILES string of the molecule is Cc1ccc(SN2CC3(CCCCC3)CC2=O)cc1. The van der Waals surface area contributed by atoms with E-state index in [1.165, 1.54) is 42.6 Å². The Kier molecular flexibility index (Phi) is 3.57. The third-order valence-electron chi connectivity index (χ3n) is 4.43. The number of nitrogens with zero attached hydrogens (tertiary/aromatic N) is 1. The molecular formula is C16H21NOS. The summed E-state index contributed by atoms with van der Waals surface area (Å²) >= 11 is 1.62. The average Bonchev–Trinajstić information content (AvgIpc) is 2.69. The summed E-state index contributed by atoms with van der Waals surface area (Å²) in [6.07, 6.45) is 7.20. The Morgan fingerprint density at radius 3 is 2.47 bits per heavy atom. The molecule has 1 aromatic rings. The zero-order valence-electron chi connectivity index (χ0n) is 11.5. The number of benzene rings is 1. The van der Waals surface area contributed by atoms with Gasteiger partial charge in [-0.15, -0.1) is 0 Å². The minimum absolute atomic E-state index is 0.299. The van der Waals surface area contributed by atoms with Crippen molar-refractivity contribution in [2.45, 2.75) is 50.3 Å². The molecular weight excluding hydrogens is 254 g/mol. The molecule has 1 aliphatic carbocycles. The first-order valence-corrected chi connectivity index (χ1v) is 7.99. The van der Waals surface area contributed by atoms with Gasteiger partial charge in [-0.25, -0.2) is 0 Å². The van der Waals surface area contributed by atoms with Crippen molar-refractivity contribution < 1.29 is 4.79 Å². The molecule has 19 heavy (non-hydrogen) atoms. The third-order valence-corrected chi connectivity index (χ3v) is 5.47. The second-order valence-electron chi connectivity index (χ2n) is 6.07. The summed E-state index contributed by atoms with van der Waals surface area (Å²) in [5.74, 6) is 0.326. The molecule has 1 spiro atoms. The topological polar surface area (TPSA) is 20.3 Å². The minimum Gasteiger partial charge on any atom is -0.282 e. The van der Waals surface area contributed by atoms with Crippen molar-refractivity contribution in [3.05, 3.63) is 29.8 Å². The number of rotatable bonds is 2. The van der Waals surface area contributed by atoms with Crippen LogP contribution in [0, 0.1) is 12.3 Å². The van der Waals surface area contributed by atoms with E-state index in [1.807, 2.05) is 4.31 Å². The minimum atomic E-state index is 0.299. The van der Waals surface area contributed by atoms with E-state index in [9.17, 15) is 4.79 Å². The third kappa shape index (κ3) is 2.81. The van der Waals surface area contributed by atoms with Crippen LogP contribution in [0.4, 0.5) is 0 Å². The molecule has 1 heterocycles. The van der Waals surface area contributed by atoms with Crippen LogP contribution in [0.1, 0.15) is 44.1 Å². The lowest BCUT2D eigenvalue weighted by molar-refractivity contribution is -0.123. The number of hydrogen-bond acceptors (Lipinski definition) is 2. The van der Waals surface area contributed by atoms with E-state index < -0.39 is 0 Å². The molecule has 3 heteroatoms. The van der Waals surface area contributed by atoms with Crippen LogP contribution in [0.2, 0.25) is 0 Å². The summed E-state index contributed by atoms with van der Waals surface area (Å²) in [6.45, 7) is 3.04. The normalized spacial score (nSPS) is 22.2. The number of carbonyl (C=O) groups is 1. The molecule has 2 nitrogen and oxygen atoms in total. The van der Waals surface area contributed by atoms with E-state index in [0.717, 1.165) is 13.0 Å². The lowest BCUT2D eigenvalue weighted by Gasteiger charge is -2.32. The standard InChI is InChI=1S/C16H21NOS/c1-13-5-7-14(8-6-13)19-17-12-16(11-15(17)18)9-3-2-4-10-16/h5-8H,2-4,9-12H2,1H3. The maximum atomic E-state index is 12.2. The maximum absolute atomic E-state index is 12.2. The van der Waals surface area contributed by atoms with E-state index in [2.05, 4.69) is 31.2 Å². The molecule has 102 valence electrons. The summed E-state index contributed by atoms with van der Waals surface area (Å²) < 4.78 is 2.00. The van der Waals surface area contributed by atoms with Crippen LogP contribution < -0.4 is 0 Å². The number of carbonyl (C=O) groups excluding carboxylic acids is 1. The molecule has 0 N–H and O–H groups in total. The number of aryl methyl sites for hydroxylation is 1. The first-order chi connectivity index (χ1) is 9.17. The highest BCUT2D eigenvalue weighted by Crippen LogP contribution is 2.46. The van der Waals surface area contributed by atoms with Crippen LogP contribution in [-0.2, 0) is 4.79 Å². The van der Waals surface area contributed by atoms with Crippen molar-refractivity contribution in [3.8, 4) is 0 Å². The van der Waals surface area contributed by atoms with E-state index in [1.54, 1.807) is 11.9 Å². The highest BCUT2D eigenvalue weighted by molar-refractivity contribution is 7.97. The highest BCUT2D eigenvalue weighted by atomic mass is 32.2. The fourth-order valence-corrected chi connectivity index (χ4v) is 4.32. The van der Waals surface area contributed by atoms with Crippen molar-refractivity contribution in [1.29, 1.82) is 0 Å². The molecule has 0 unspecified atom stereocenters. The first kappa shape index (κ1) is 13.0. The molecule has 2 aliphatic rings. The summed E-state index contributed by atoms with van der Waals surface area (Å²) in [7, 11) is 0. The molecule has 1 saturated heterocycles. The van der Waals surface area contributed by atoms with Gasteiger partial charge in [0, 0.05) is 17.9 Å². The zero-order valence-corrected chi connectivity index (χ0v) is 12.3. The number of hydrogen-bond donors (Lipinski definition) is 0. The second-order valence-corrected chi connectivity index (χ2v) is 7.17. The largest absolute Gasteiger partial charge is 0.282 e. The van der Waals surface area contributed by atoms with Crippen LogP contribution in [-0.4, -0.2) is 16.8 Å². The van der Waals surface area contributed by atoms with Gasteiger partial charge in [0.2, 0.25) is 5.91 Å². The van der Waals surface area contributed by atoms with E-state index >= 15 is 0 Å². The Bertz CT molecular complexity index is 462. The molecule has 1 amide bonds. The Morgan fingerprint density at radius 1 is 1.11 bits per heavy atom. The average molecular weight is 275 g/mol. The van der Waals surface area contributed by atoms with Gasteiger partial charge in [0.15, 0.2) is 0 Å². The zero-order chi connectivity index (χ0) is 13.3. The fourth-order valence-electron chi connectivity index (χ4n) is 3.30. The van der Waals surface area contributed by atoms with Crippen LogP contribution >= 0.6 is 11.9 Å². The van der Waals surface area contributed by atoms with Gasteiger partial charge in [0.1, 0.15) is 0 Å². The van der Waals surface area contributed by atoms with Gasteiger partial charge in [-0.2, -0.15) is 0 Å². The molecule has 1 aliphatic heterocycles. The van der Waals surface area contributed by atoms with Crippen molar-refractivity contribution in [2.24, 2.45) is 5.41 Å². The van der Waals surface area contributed by atoms with Crippen molar-refractivity contribution in [1.82, 2.24) is 4.31 Å². The molecule has 0 radical (unpaired) electrons. The predicted octanol–water partition coefficient (Wildman–Crippen LogP) is 4.18. The molecule has 1 saturated carbocycles. The Balaban J connectivity index is 1.68. The van der Waals surface area contributed by atoms with E-state index in [0.29, 0.717) is 11.3 Å². The summed E-state index contributed by atoms with van der Waals surface area (Å²) in [6, 6.07) is 8.44. The maximum Gasteiger partial charge on any atom is 0.233 e. The molecule has 0 atom stereocenters. The van der Waals surface area contributed by atoms with Gasteiger partial charge >= 0.3 is 0 Å². The summed E-state index contributed by atoms with van der Waals surface area (Å²) in [4.78, 5) is 13.4.